The van der Waals surface area contributed by atoms with Crippen LogP contribution in [0.15, 0.2) is 44.9 Å². The first-order valence-corrected chi connectivity index (χ1v) is 10.8. The van der Waals surface area contributed by atoms with Gasteiger partial charge in [-0.2, -0.15) is 0 Å². The number of nitrogens with one attached hydrogen (secondary N) is 1. The van der Waals surface area contributed by atoms with Gasteiger partial charge >= 0.3 is 17.6 Å². The minimum absolute atomic E-state index is 0.0495. The number of aliphatic imine (C=N–C) groups is 1. The van der Waals surface area contributed by atoms with Crippen LogP contribution in [0.4, 0.5) is 5.00 Å². The van der Waals surface area contributed by atoms with Crippen LogP contribution in [0.25, 0.3) is 5.69 Å². The van der Waals surface area contributed by atoms with Crippen LogP contribution in [0.1, 0.15) is 45.0 Å². The maximum Gasteiger partial charge on any atom is 0.348 e. The first-order chi connectivity index (χ1) is 15.8. The second kappa shape index (κ2) is 10.1. The van der Waals surface area contributed by atoms with Crippen molar-refractivity contribution in [2.75, 3.05) is 13.2 Å². The van der Waals surface area contributed by atoms with Crippen LogP contribution >= 0.6 is 11.3 Å². The third-order valence-corrected chi connectivity index (χ3v) is 5.69. The van der Waals surface area contributed by atoms with Crippen molar-refractivity contribution in [3.8, 4) is 11.6 Å². The number of carbonyl (C=O) groups excluding carboxylic acids is 2. The topological polar surface area (TPSA) is 140 Å². The van der Waals surface area contributed by atoms with E-state index in [1.165, 1.54) is 0 Å². The van der Waals surface area contributed by atoms with E-state index < -0.39 is 29.1 Å². The van der Waals surface area contributed by atoms with Gasteiger partial charge in [0, 0.05) is 6.21 Å². The highest BCUT2D eigenvalue weighted by Gasteiger charge is 2.26. The predicted molar refractivity (Wildman–Crippen MR) is 123 cm³/mol. The molecular formula is C22H21N3O7S. The second-order valence-corrected chi connectivity index (χ2v) is 7.60. The van der Waals surface area contributed by atoms with Gasteiger partial charge < -0.3 is 14.6 Å². The second-order valence-electron chi connectivity index (χ2n) is 6.60. The Morgan fingerprint density at radius 3 is 2.39 bits per heavy atom. The van der Waals surface area contributed by atoms with E-state index in [9.17, 15) is 24.3 Å². The number of aromatic hydroxyl groups is 1. The zero-order valence-electron chi connectivity index (χ0n) is 18.1. The summed E-state index contributed by atoms with van der Waals surface area (Å²) in [5.74, 6) is -1.94. The zero-order valence-corrected chi connectivity index (χ0v) is 18.9. The molecule has 3 aromatic rings. The number of hydrogen-bond acceptors (Lipinski definition) is 9. The van der Waals surface area contributed by atoms with Gasteiger partial charge in [0.25, 0.3) is 5.56 Å². The van der Waals surface area contributed by atoms with Crippen LogP contribution in [-0.4, -0.2) is 46.0 Å². The van der Waals surface area contributed by atoms with Gasteiger partial charge in [0.05, 0.1) is 18.9 Å². The van der Waals surface area contributed by atoms with Crippen molar-refractivity contribution >= 4 is 34.5 Å². The summed E-state index contributed by atoms with van der Waals surface area (Å²) in [5.41, 5.74) is -1.30. The van der Waals surface area contributed by atoms with Gasteiger partial charge in [-0.25, -0.2) is 23.9 Å². The molecule has 0 fully saturated rings. The Bertz CT molecular complexity index is 1340. The van der Waals surface area contributed by atoms with Gasteiger partial charge in [-0.1, -0.05) is 18.2 Å². The van der Waals surface area contributed by atoms with Gasteiger partial charge in [-0.3, -0.25) is 9.78 Å². The number of thiophene rings is 1. The van der Waals surface area contributed by atoms with Crippen LogP contribution in [0.3, 0.4) is 0 Å². The van der Waals surface area contributed by atoms with Crippen LogP contribution in [0, 0.1) is 6.92 Å². The Hall–Kier alpha value is -3.99. The summed E-state index contributed by atoms with van der Waals surface area (Å²) in [7, 11) is 0. The van der Waals surface area contributed by atoms with E-state index in [1.807, 2.05) is 0 Å². The Morgan fingerprint density at radius 1 is 1.12 bits per heavy atom. The van der Waals surface area contributed by atoms with Crippen molar-refractivity contribution in [3.63, 3.8) is 0 Å². The molecule has 2 N–H and O–H groups in total. The number of esters is 2. The van der Waals surface area contributed by atoms with E-state index in [-0.39, 0.29) is 34.2 Å². The van der Waals surface area contributed by atoms with Crippen molar-refractivity contribution in [1.29, 1.82) is 0 Å². The highest BCUT2D eigenvalue weighted by Crippen LogP contribution is 2.36. The summed E-state index contributed by atoms with van der Waals surface area (Å²) < 4.78 is 11.0. The van der Waals surface area contributed by atoms with Crippen molar-refractivity contribution in [2.24, 2.45) is 4.99 Å². The molecule has 0 saturated carbocycles. The summed E-state index contributed by atoms with van der Waals surface area (Å²) in [5, 5.41) is 10.7. The monoisotopic (exact) mass is 471 g/mol. The minimum Gasteiger partial charge on any atom is -0.493 e. The molecule has 1 aromatic carbocycles. The maximum atomic E-state index is 12.5. The molecule has 0 amide bonds. The van der Waals surface area contributed by atoms with Crippen LogP contribution in [-0.2, 0) is 9.47 Å². The molecule has 0 aliphatic heterocycles. The molecule has 3 rings (SSSR count). The SMILES string of the molecule is CCOC(=O)c1sc(/N=C/c2c(O)n(-c3ccccc3)c(=O)[nH]c2=O)c(C(=O)OCC)c1C. The summed E-state index contributed by atoms with van der Waals surface area (Å²) in [6.45, 7) is 5.11. The Morgan fingerprint density at radius 2 is 1.76 bits per heavy atom. The highest BCUT2D eigenvalue weighted by atomic mass is 32.1. The quantitative estimate of drug-likeness (QED) is 0.399. The van der Waals surface area contributed by atoms with Gasteiger partial charge in [0.15, 0.2) is 0 Å². The number of aromatic nitrogens is 2. The first-order valence-electron chi connectivity index (χ1n) is 9.95. The number of H-pyrrole nitrogens is 1. The molecular weight excluding hydrogens is 450 g/mol. The molecule has 2 aromatic heterocycles. The lowest BCUT2D eigenvalue weighted by atomic mass is 10.1. The van der Waals surface area contributed by atoms with Crippen LogP contribution < -0.4 is 11.2 Å². The first kappa shape index (κ1) is 23.7. The van der Waals surface area contributed by atoms with Crippen LogP contribution in [0.2, 0.25) is 0 Å². The van der Waals surface area contributed by atoms with E-state index in [4.69, 9.17) is 9.47 Å². The molecule has 0 bridgehead atoms. The molecule has 11 heteroatoms. The van der Waals surface area contributed by atoms with Gasteiger partial charge in [0.2, 0.25) is 5.88 Å². The van der Waals surface area contributed by atoms with Crippen molar-refractivity contribution in [2.45, 2.75) is 20.8 Å². The number of rotatable bonds is 7. The van der Waals surface area contributed by atoms with Crippen LogP contribution in [0.5, 0.6) is 5.88 Å². The lowest BCUT2D eigenvalue weighted by Gasteiger charge is -2.09. The molecule has 0 aliphatic carbocycles. The molecule has 0 saturated heterocycles. The van der Waals surface area contributed by atoms with E-state index in [1.54, 1.807) is 51.1 Å². The predicted octanol–water partition coefficient (Wildman–Crippen LogP) is 2.71. The number of aromatic amines is 1. The van der Waals surface area contributed by atoms with Gasteiger partial charge in [-0.15, -0.1) is 11.3 Å². The average molecular weight is 471 g/mol. The Kier molecular flexibility index (Phi) is 7.23. The van der Waals surface area contributed by atoms with Gasteiger partial charge in [0.1, 0.15) is 21.0 Å². The van der Waals surface area contributed by atoms with E-state index in [2.05, 4.69) is 9.98 Å². The normalized spacial score (nSPS) is 11.0. The Labute approximate surface area is 191 Å². The third-order valence-electron chi connectivity index (χ3n) is 4.51. The van der Waals surface area contributed by atoms with E-state index in [0.717, 1.165) is 22.1 Å². The molecule has 0 spiro atoms. The average Bonchev–Trinajstić information content (AvgIpc) is 3.10. The number of nitrogens with zero attached hydrogens (tertiary/aromatic N) is 2. The zero-order chi connectivity index (χ0) is 24.1. The molecule has 0 atom stereocenters. The molecule has 0 unspecified atom stereocenters. The van der Waals surface area contributed by atoms with Crippen molar-refractivity contribution < 1.29 is 24.2 Å². The van der Waals surface area contributed by atoms with Gasteiger partial charge in [-0.05, 0) is 38.5 Å². The summed E-state index contributed by atoms with van der Waals surface area (Å²) in [4.78, 5) is 55.9. The fraction of sp³-hybridized carbons (Fsp3) is 0.227. The smallest absolute Gasteiger partial charge is 0.348 e. The fourth-order valence-electron chi connectivity index (χ4n) is 3.02. The molecule has 0 aliphatic rings. The minimum atomic E-state index is -0.870. The van der Waals surface area contributed by atoms with Crippen molar-refractivity contribution in [1.82, 2.24) is 9.55 Å². The Balaban J connectivity index is 2.14. The summed E-state index contributed by atoms with van der Waals surface area (Å²) in [6.07, 6.45) is 1.02. The number of hydrogen-bond donors (Lipinski definition) is 2. The molecule has 0 radical (unpaired) electrons. The molecule has 172 valence electrons. The number of ether oxygens (including phenoxy) is 2. The lowest BCUT2D eigenvalue weighted by molar-refractivity contribution is 0.0527. The lowest BCUT2D eigenvalue weighted by Crippen LogP contribution is -2.31. The number of para-hydroxylation sites is 1. The molecule has 10 nitrogen and oxygen atoms in total. The summed E-state index contributed by atoms with van der Waals surface area (Å²) >= 11 is 0.887. The highest BCUT2D eigenvalue weighted by molar-refractivity contribution is 7.18. The number of carbonyl (C=O) groups is 2. The third kappa shape index (κ3) is 4.77. The standard InChI is InChI=1S/C22H21N3O7S/c1-4-31-20(28)15-12(3)16(21(29)32-5-2)33-18(15)23-11-14-17(26)24-22(30)25(19(14)27)13-9-7-6-8-10-13/h6-11,27H,4-5H2,1-3H3,(H,24,26,30)/b23-11+. The summed E-state index contributed by atoms with van der Waals surface area (Å²) in [6, 6.07) is 8.21. The molecule has 33 heavy (non-hydrogen) atoms. The maximum absolute atomic E-state index is 12.5. The van der Waals surface area contributed by atoms with E-state index >= 15 is 0 Å². The molecule has 2 heterocycles. The van der Waals surface area contributed by atoms with E-state index in [0.29, 0.717) is 11.3 Å². The van der Waals surface area contributed by atoms with Crippen molar-refractivity contribution in [3.05, 3.63) is 72.7 Å². The largest absolute Gasteiger partial charge is 0.493 e. The fourth-order valence-corrected chi connectivity index (χ4v) is 4.05. The number of benzene rings is 1.